The van der Waals surface area contributed by atoms with Crippen LogP contribution >= 0.6 is 0 Å². The zero-order valence-electron chi connectivity index (χ0n) is 20.8. The standard InChI is InChI=1S/C33H32O4/c34-30-21-29(28-19-11-4-12-20-28)31(35-22-25-13-5-1-6-14-25)33(37-24-27-17-9-3-10-18-27)32(30)36-23-26-15-7-2-8-16-26/h1-20,29,31-33H,21-24H2/t29-,31-,32+,33+/m0/s1. The Kier molecular flexibility index (Phi) is 8.54. The van der Waals surface area contributed by atoms with Crippen LogP contribution in [-0.4, -0.2) is 24.1 Å². The predicted molar refractivity (Wildman–Crippen MR) is 144 cm³/mol. The molecule has 0 unspecified atom stereocenters. The van der Waals surface area contributed by atoms with Crippen molar-refractivity contribution in [3.63, 3.8) is 0 Å². The number of Topliss-reactive ketones (excluding diaryl/α,β-unsaturated/α-hetero) is 1. The van der Waals surface area contributed by atoms with Gasteiger partial charge in [0.05, 0.1) is 25.9 Å². The molecule has 37 heavy (non-hydrogen) atoms. The van der Waals surface area contributed by atoms with Crippen molar-refractivity contribution < 1.29 is 19.0 Å². The lowest BCUT2D eigenvalue weighted by atomic mass is 9.77. The average Bonchev–Trinajstić information content (AvgIpc) is 2.96. The molecule has 0 radical (unpaired) electrons. The minimum atomic E-state index is -0.718. The van der Waals surface area contributed by atoms with Gasteiger partial charge in [-0.2, -0.15) is 0 Å². The third kappa shape index (κ3) is 6.60. The second-order valence-electron chi connectivity index (χ2n) is 9.43. The van der Waals surface area contributed by atoms with Crippen molar-refractivity contribution in [2.75, 3.05) is 0 Å². The van der Waals surface area contributed by atoms with E-state index < -0.39 is 12.2 Å². The molecule has 4 aromatic carbocycles. The third-order valence-electron chi connectivity index (χ3n) is 6.83. The topological polar surface area (TPSA) is 44.8 Å². The molecule has 0 bridgehead atoms. The Balaban J connectivity index is 1.44. The summed E-state index contributed by atoms with van der Waals surface area (Å²) in [6, 6.07) is 40.2. The van der Waals surface area contributed by atoms with E-state index in [-0.39, 0.29) is 17.8 Å². The highest BCUT2D eigenvalue weighted by Gasteiger charge is 2.47. The Morgan fingerprint density at radius 2 is 0.919 bits per heavy atom. The van der Waals surface area contributed by atoms with Crippen molar-refractivity contribution in [2.45, 2.75) is 50.5 Å². The number of hydrogen-bond acceptors (Lipinski definition) is 4. The van der Waals surface area contributed by atoms with Crippen LogP contribution in [0.3, 0.4) is 0 Å². The quantitative estimate of drug-likeness (QED) is 0.254. The zero-order valence-corrected chi connectivity index (χ0v) is 20.8. The smallest absolute Gasteiger partial charge is 0.165 e. The number of ether oxygens (including phenoxy) is 3. The molecule has 4 aromatic rings. The maximum absolute atomic E-state index is 13.6. The van der Waals surface area contributed by atoms with Crippen molar-refractivity contribution in [2.24, 2.45) is 0 Å². The zero-order chi connectivity index (χ0) is 25.3. The number of benzene rings is 4. The summed E-state index contributed by atoms with van der Waals surface area (Å²) in [6.45, 7) is 1.14. The Hall–Kier alpha value is -3.57. The molecular formula is C33H32O4. The summed E-state index contributed by atoms with van der Waals surface area (Å²) >= 11 is 0. The molecule has 0 heterocycles. The number of hydrogen-bond donors (Lipinski definition) is 0. The first-order valence-corrected chi connectivity index (χ1v) is 12.8. The van der Waals surface area contributed by atoms with E-state index in [4.69, 9.17) is 14.2 Å². The highest BCUT2D eigenvalue weighted by Crippen LogP contribution is 2.37. The SMILES string of the molecule is O=C1C[C@@H](c2ccccc2)[C@H](OCc2ccccc2)[C@@H](OCc2ccccc2)[C@@H]1OCc1ccccc1. The van der Waals surface area contributed by atoms with Gasteiger partial charge in [0.15, 0.2) is 5.78 Å². The van der Waals surface area contributed by atoms with E-state index in [9.17, 15) is 4.79 Å². The Labute approximate surface area is 218 Å². The molecule has 5 rings (SSSR count). The fourth-order valence-corrected chi connectivity index (χ4v) is 4.92. The van der Waals surface area contributed by atoms with E-state index in [1.54, 1.807) is 0 Å². The van der Waals surface area contributed by atoms with E-state index in [1.807, 2.05) is 97.1 Å². The van der Waals surface area contributed by atoms with Gasteiger partial charge >= 0.3 is 0 Å². The van der Waals surface area contributed by atoms with Gasteiger partial charge in [-0.15, -0.1) is 0 Å². The minimum absolute atomic E-state index is 0.0439. The normalized spacial score (nSPS) is 21.6. The Morgan fingerprint density at radius 1 is 0.514 bits per heavy atom. The molecular weight excluding hydrogens is 460 g/mol. The summed E-state index contributed by atoms with van der Waals surface area (Å²) in [7, 11) is 0. The molecule has 0 spiro atoms. The summed E-state index contributed by atoms with van der Waals surface area (Å²) in [5.74, 6) is -0.0860. The largest absolute Gasteiger partial charge is 0.370 e. The van der Waals surface area contributed by atoms with Gasteiger partial charge in [-0.25, -0.2) is 0 Å². The van der Waals surface area contributed by atoms with Crippen LogP contribution in [0.15, 0.2) is 121 Å². The van der Waals surface area contributed by atoms with Gasteiger partial charge in [0.2, 0.25) is 0 Å². The molecule has 1 aliphatic carbocycles. The monoisotopic (exact) mass is 492 g/mol. The molecule has 188 valence electrons. The lowest BCUT2D eigenvalue weighted by Gasteiger charge is -2.41. The van der Waals surface area contributed by atoms with Crippen LogP contribution in [0, 0.1) is 0 Å². The predicted octanol–water partition coefficient (Wildman–Crippen LogP) is 6.50. The van der Waals surface area contributed by atoms with Crippen LogP contribution in [0.2, 0.25) is 0 Å². The fourth-order valence-electron chi connectivity index (χ4n) is 4.92. The molecule has 1 saturated carbocycles. The number of ketones is 1. The molecule has 0 N–H and O–H groups in total. The highest BCUT2D eigenvalue weighted by atomic mass is 16.6. The van der Waals surface area contributed by atoms with Gasteiger partial charge in [0, 0.05) is 12.3 Å². The Morgan fingerprint density at radius 3 is 1.41 bits per heavy atom. The van der Waals surface area contributed by atoms with Crippen LogP contribution in [0.1, 0.15) is 34.6 Å². The second kappa shape index (κ2) is 12.6. The lowest BCUT2D eigenvalue weighted by molar-refractivity contribution is -0.183. The molecule has 4 heteroatoms. The molecule has 0 aromatic heterocycles. The summed E-state index contributed by atoms with van der Waals surface area (Å²) in [5, 5.41) is 0. The van der Waals surface area contributed by atoms with E-state index in [0.717, 1.165) is 22.3 Å². The first kappa shape index (κ1) is 25.1. The van der Waals surface area contributed by atoms with Crippen molar-refractivity contribution >= 4 is 5.78 Å². The first-order chi connectivity index (χ1) is 18.3. The lowest BCUT2D eigenvalue weighted by Crippen LogP contribution is -2.54. The molecule has 1 fully saturated rings. The van der Waals surface area contributed by atoms with Crippen LogP contribution in [0.25, 0.3) is 0 Å². The van der Waals surface area contributed by atoms with Crippen LogP contribution in [0.4, 0.5) is 0 Å². The molecule has 4 atom stereocenters. The van der Waals surface area contributed by atoms with Crippen LogP contribution in [-0.2, 0) is 38.8 Å². The molecule has 0 saturated heterocycles. The summed E-state index contributed by atoms with van der Waals surface area (Å²) < 4.78 is 19.4. The van der Waals surface area contributed by atoms with Gasteiger partial charge in [0.1, 0.15) is 12.2 Å². The number of rotatable bonds is 10. The second-order valence-corrected chi connectivity index (χ2v) is 9.43. The molecule has 4 nitrogen and oxygen atoms in total. The van der Waals surface area contributed by atoms with Crippen molar-refractivity contribution in [1.82, 2.24) is 0 Å². The summed E-state index contributed by atoms with van der Waals surface area (Å²) in [6.07, 6.45) is -1.29. The fraction of sp³-hybridized carbons (Fsp3) is 0.242. The molecule has 0 aliphatic heterocycles. The van der Waals surface area contributed by atoms with Crippen molar-refractivity contribution in [3.05, 3.63) is 144 Å². The van der Waals surface area contributed by atoms with Crippen molar-refractivity contribution in [1.29, 1.82) is 0 Å². The van der Waals surface area contributed by atoms with E-state index >= 15 is 0 Å². The van der Waals surface area contributed by atoms with Gasteiger partial charge < -0.3 is 14.2 Å². The van der Waals surface area contributed by atoms with E-state index in [1.165, 1.54) is 0 Å². The van der Waals surface area contributed by atoms with Gasteiger partial charge in [0.25, 0.3) is 0 Å². The average molecular weight is 493 g/mol. The number of carbonyl (C=O) groups is 1. The minimum Gasteiger partial charge on any atom is -0.370 e. The summed E-state index contributed by atoms with van der Waals surface area (Å²) in [4.78, 5) is 13.6. The first-order valence-electron chi connectivity index (χ1n) is 12.8. The van der Waals surface area contributed by atoms with E-state index in [0.29, 0.717) is 26.2 Å². The van der Waals surface area contributed by atoms with Crippen LogP contribution < -0.4 is 0 Å². The maximum Gasteiger partial charge on any atom is 0.165 e. The molecule has 1 aliphatic rings. The third-order valence-corrected chi connectivity index (χ3v) is 6.83. The van der Waals surface area contributed by atoms with Crippen LogP contribution in [0.5, 0.6) is 0 Å². The maximum atomic E-state index is 13.6. The molecule has 0 amide bonds. The van der Waals surface area contributed by atoms with E-state index in [2.05, 4.69) is 24.3 Å². The van der Waals surface area contributed by atoms with Crippen molar-refractivity contribution in [3.8, 4) is 0 Å². The Bertz CT molecular complexity index is 1230. The highest BCUT2D eigenvalue weighted by molar-refractivity contribution is 5.86. The summed E-state index contributed by atoms with van der Waals surface area (Å²) in [5.41, 5.74) is 4.21. The number of carbonyl (C=O) groups excluding carboxylic acids is 1. The van der Waals surface area contributed by atoms with Gasteiger partial charge in [-0.05, 0) is 22.3 Å². The van der Waals surface area contributed by atoms with Gasteiger partial charge in [-0.3, -0.25) is 4.79 Å². The van der Waals surface area contributed by atoms with Gasteiger partial charge in [-0.1, -0.05) is 121 Å².